The van der Waals surface area contributed by atoms with Gasteiger partial charge in [-0.3, -0.25) is 0 Å². The summed E-state index contributed by atoms with van der Waals surface area (Å²) in [4.78, 5) is 0. The van der Waals surface area contributed by atoms with Gasteiger partial charge < -0.3 is 18.9 Å². The van der Waals surface area contributed by atoms with Gasteiger partial charge in [0.1, 0.15) is 11.5 Å². The second-order valence-corrected chi connectivity index (χ2v) is 5.53. The average Bonchev–Trinajstić information content (AvgIpc) is 2.40. The summed E-state index contributed by atoms with van der Waals surface area (Å²) in [5.41, 5.74) is 0. The molecule has 0 atom stereocenters. The highest BCUT2D eigenvalue weighted by Gasteiger charge is 2.00. The van der Waals surface area contributed by atoms with E-state index in [2.05, 4.69) is 27.7 Å². The van der Waals surface area contributed by atoms with Crippen molar-refractivity contribution in [3.63, 3.8) is 0 Å². The summed E-state index contributed by atoms with van der Waals surface area (Å²) in [5, 5.41) is 0. The molecule has 0 saturated heterocycles. The molecule has 0 aromatic heterocycles. The quantitative estimate of drug-likeness (QED) is 0.484. The third kappa shape index (κ3) is 8.02. The van der Waals surface area contributed by atoms with Gasteiger partial charge in [-0.2, -0.15) is 0 Å². The first-order valence-electron chi connectivity index (χ1n) is 7.09. The number of hydrogen-bond donors (Lipinski definition) is 0. The summed E-state index contributed by atoms with van der Waals surface area (Å²) >= 11 is 0. The Morgan fingerprint density at radius 1 is 0.800 bits per heavy atom. The molecule has 0 aliphatic rings. The van der Waals surface area contributed by atoms with E-state index in [4.69, 9.17) is 18.9 Å². The Balaban J connectivity index is 2.26. The van der Waals surface area contributed by atoms with E-state index in [1.165, 1.54) is 0 Å². The molecule has 0 aliphatic heterocycles. The monoisotopic (exact) mass is 282 g/mol. The Bertz CT molecular complexity index is 332. The summed E-state index contributed by atoms with van der Waals surface area (Å²) in [6.07, 6.45) is 0. The first-order valence-corrected chi connectivity index (χ1v) is 7.09. The molecular weight excluding hydrogens is 256 g/mol. The van der Waals surface area contributed by atoms with Crippen LogP contribution < -0.4 is 9.47 Å². The molecule has 20 heavy (non-hydrogen) atoms. The van der Waals surface area contributed by atoms with Gasteiger partial charge in [0.15, 0.2) is 13.6 Å². The predicted molar refractivity (Wildman–Crippen MR) is 79.0 cm³/mol. The number of rotatable bonds is 10. The Kier molecular flexibility index (Phi) is 8.07. The van der Waals surface area contributed by atoms with E-state index in [0.717, 1.165) is 11.5 Å². The van der Waals surface area contributed by atoms with Crippen molar-refractivity contribution in [2.45, 2.75) is 27.7 Å². The van der Waals surface area contributed by atoms with Crippen molar-refractivity contribution in [3.05, 3.63) is 24.3 Å². The Morgan fingerprint density at radius 3 is 1.65 bits per heavy atom. The summed E-state index contributed by atoms with van der Waals surface area (Å²) in [5.74, 6) is 2.47. The molecular formula is C16H26O4. The first-order chi connectivity index (χ1) is 9.58. The smallest absolute Gasteiger partial charge is 0.189 e. The maximum atomic E-state index is 5.50. The van der Waals surface area contributed by atoms with Gasteiger partial charge in [-0.15, -0.1) is 0 Å². The third-order valence-electron chi connectivity index (χ3n) is 2.33. The van der Waals surface area contributed by atoms with Crippen LogP contribution in [0, 0.1) is 11.8 Å². The molecule has 0 bridgehead atoms. The zero-order valence-corrected chi connectivity index (χ0v) is 12.9. The standard InChI is InChI=1S/C16H26O4/c1-13(2)9-17-11-19-15-6-5-7-16(8-15)20-12-18-10-14(3)4/h5-8,13-14H,9-12H2,1-4H3. The highest BCUT2D eigenvalue weighted by molar-refractivity contribution is 5.32. The summed E-state index contributed by atoms with van der Waals surface area (Å²) in [6, 6.07) is 7.47. The van der Waals surface area contributed by atoms with Crippen LogP contribution in [0.3, 0.4) is 0 Å². The van der Waals surface area contributed by atoms with Gasteiger partial charge in [-0.25, -0.2) is 0 Å². The SMILES string of the molecule is CC(C)COCOc1cccc(OCOCC(C)C)c1. The molecule has 0 radical (unpaired) electrons. The predicted octanol–water partition coefficient (Wildman–Crippen LogP) is 3.70. The highest BCUT2D eigenvalue weighted by atomic mass is 16.7. The van der Waals surface area contributed by atoms with Gasteiger partial charge in [-0.1, -0.05) is 33.8 Å². The molecule has 4 heteroatoms. The van der Waals surface area contributed by atoms with Gasteiger partial charge in [-0.05, 0) is 24.0 Å². The van der Waals surface area contributed by atoms with Crippen LogP contribution in [0.25, 0.3) is 0 Å². The topological polar surface area (TPSA) is 36.9 Å². The molecule has 1 rings (SSSR count). The van der Waals surface area contributed by atoms with Crippen molar-refractivity contribution in [2.75, 3.05) is 26.8 Å². The van der Waals surface area contributed by atoms with Gasteiger partial charge in [0.05, 0.1) is 13.2 Å². The molecule has 114 valence electrons. The lowest BCUT2D eigenvalue weighted by molar-refractivity contribution is -0.00101. The molecule has 4 nitrogen and oxygen atoms in total. The Hall–Kier alpha value is -1.26. The van der Waals surface area contributed by atoms with Crippen LogP contribution in [0.1, 0.15) is 27.7 Å². The molecule has 0 spiro atoms. The van der Waals surface area contributed by atoms with Crippen molar-refractivity contribution >= 4 is 0 Å². The molecule has 1 aromatic carbocycles. The number of hydrogen-bond acceptors (Lipinski definition) is 4. The summed E-state index contributed by atoms with van der Waals surface area (Å²) in [7, 11) is 0. The fraction of sp³-hybridized carbons (Fsp3) is 0.625. The number of ether oxygens (including phenoxy) is 4. The van der Waals surface area contributed by atoms with E-state index in [9.17, 15) is 0 Å². The van der Waals surface area contributed by atoms with E-state index in [-0.39, 0.29) is 13.6 Å². The minimum Gasteiger partial charge on any atom is -0.467 e. The highest BCUT2D eigenvalue weighted by Crippen LogP contribution is 2.19. The zero-order chi connectivity index (χ0) is 14.8. The second-order valence-electron chi connectivity index (χ2n) is 5.53. The Labute approximate surface area is 122 Å². The molecule has 0 saturated carbocycles. The number of benzene rings is 1. The lowest BCUT2D eigenvalue weighted by Crippen LogP contribution is -2.09. The first kappa shape index (κ1) is 16.8. The largest absolute Gasteiger partial charge is 0.467 e. The van der Waals surface area contributed by atoms with Gasteiger partial charge in [0.25, 0.3) is 0 Å². The van der Waals surface area contributed by atoms with Gasteiger partial charge >= 0.3 is 0 Å². The van der Waals surface area contributed by atoms with Crippen LogP contribution in [-0.4, -0.2) is 26.8 Å². The molecule has 0 amide bonds. The Morgan fingerprint density at radius 2 is 1.25 bits per heavy atom. The van der Waals surface area contributed by atoms with Crippen LogP contribution in [0.15, 0.2) is 24.3 Å². The van der Waals surface area contributed by atoms with Gasteiger partial charge in [0.2, 0.25) is 0 Å². The second kappa shape index (κ2) is 9.61. The van der Waals surface area contributed by atoms with Crippen molar-refractivity contribution in [1.82, 2.24) is 0 Å². The van der Waals surface area contributed by atoms with E-state index in [0.29, 0.717) is 25.0 Å². The molecule has 0 fully saturated rings. The summed E-state index contributed by atoms with van der Waals surface area (Å²) in [6.45, 7) is 10.3. The molecule has 0 unspecified atom stereocenters. The van der Waals surface area contributed by atoms with Crippen molar-refractivity contribution in [3.8, 4) is 11.5 Å². The lowest BCUT2D eigenvalue weighted by Gasteiger charge is -2.11. The zero-order valence-electron chi connectivity index (χ0n) is 12.9. The van der Waals surface area contributed by atoms with E-state index < -0.39 is 0 Å². The average molecular weight is 282 g/mol. The third-order valence-corrected chi connectivity index (χ3v) is 2.33. The van der Waals surface area contributed by atoms with Crippen molar-refractivity contribution < 1.29 is 18.9 Å². The van der Waals surface area contributed by atoms with E-state index >= 15 is 0 Å². The van der Waals surface area contributed by atoms with Crippen molar-refractivity contribution in [2.24, 2.45) is 11.8 Å². The van der Waals surface area contributed by atoms with Crippen LogP contribution in [0.4, 0.5) is 0 Å². The van der Waals surface area contributed by atoms with E-state index in [1.54, 1.807) is 0 Å². The normalized spacial score (nSPS) is 11.1. The minimum absolute atomic E-state index is 0.255. The van der Waals surface area contributed by atoms with Crippen LogP contribution >= 0.6 is 0 Å². The van der Waals surface area contributed by atoms with Crippen LogP contribution in [-0.2, 0) is 9.47 Å². The van der Waals surface area contributed by atoms with Crippen LogP contribution in [0.2, 0.25) is 0 Å². The maximum absolute atomic E-state index is 5.50. The van der Waals surface area contributed by atoms with Gasteiger partial charge in [0, 0.05) is 6.07 Å². The van der Waals surface area contributed by atoms with E-state index in [1.807, 2.05) is 24.3 Å². The fourth-order valence-electron chi connectivity index (χ4n) is 1.44. The summed E-state index contributed by atoms with van der Waals surface area (Å²) < 4.78 is 21.7. The minimum atomic E-state index is 0.255. The van der Waals surface area contributed by atoms with Crippen molar-refractivity contribution in [1.29, 1.82) is 0 Å². The lowest BCUT2D eigenvalue weighted by atomic mass is 10.2. The molecule has 0 N–H and O–H groups in total. The molecule has 0 aliphatic carbocycles. The molecule has 0 heterocycles. The molecule has 1 aromatic rings. The maximum Gasteiger partial charge on any atom is 0.189 e. The fourth-order valence-corrected chi connectivity index (χ4v) is 1.44. The van der Waals surface area contributed by atoms with Crippen LogP contribution in [0.5, 0.6) is 11.5 Å².